The van der Waals surface area contributed by atoms with Gasteiger partial charge in [0.05, 0.1) is 12.5 Å². The van der Waals surface area contributed by atoms with Gasteiger partial charge in [0.1, 0.15) is 5.82 Å². The van der Waals surface area contributed by atoms with Gasteiger partial charge in [0.25, 0.3) is 0 Å². The molecule has 2 heterocycles. The standard InChI is InChI=1S/C23H26N6O2/c1-15-6-8-17(9-7-15)14-29-11-10-24-23(31)20(29)13-21(30)26-19-5-3-4-18(12-19)22-25-16(2)27-28-22/h3-9,12,20H,10-11,13-14H2,1-2H3,(H,24,31)(H,26,30)(H,25,27,28). The molecule has 1 unspecified atom stereocenters. The Labute approximate surface area is 181 Å². The van der Waals surface area contributed by atoms with Gasteiger partial charge in [0.15, 0.2) is 5.82 Å². The van der Waals surface area contributed by atoms with Crippen LogP contribution in [-0.2, 0) is 16.1 Å². The number of aromatic nitrogens is 3. The molecule has 1 saturated heterocycles. The average Bonchev–Trinajstić information content (AvgIpc) is 3.19. The quantitative estimate of drug-likeness (QED) is 0.571. The van der Waals surface area contributed by atoms with E-state index < -0.39 is 6.04 Å². The highest BCUT2D eigenvalue weighted by atomic mass is 16.2. The summed E-state index contributed by atoms with van der Waals surface area (Å²) in [6.45, 7) is 5.80. The van der Waals surface area contributed by atoms with Crippen molar-refractivity contribution in [1.82, 2.24) is 25.4 Å². The Kier molecular flexibility index (Phi) is 6.08. The van der Waals surface area contributed by atoms with Crippen LogP contribution in [-0.4, -0.2) is 51.0 Å². The predicted molar refractivity (Wildman–Crippen MR) is 118 cm³/mol. The lowest BCUT2D eigenvalue weighted by atomic mass is 10.1. The molecule has 4 rings (SSSR count). The molecule has 8 nitrogen and oxygen atoms in total. The van der Waals surface area contributed by atoms with E-state index in [9.17, 15) is 9.59 Å². The number of aryl methyl sites for hydroxylation is 2. The van der Waals surface area contributed by atoms with E-state index in [0.717, 1.165) is 17.0 Å². The molecule has 2 amide bonds. The maximum Gasteiger partial charge on any atom is 0.237 e. The van der Waals surface area contributed by atoms with E-state index in [1.165, 1.54) is 5.56 Å². The number of nitrogens with zero attached hydrogens (tertiary/aromatic N) is 3. The number of rotatable bonds is 6. The zero-order valence-electron chi connectivity index (χ0n) is 17.7. The zero-order chi connectivity index (χ0) is 21.8. The third kappa shape index (κ3) is 5.16. The maximum absolute atomic E-state index is 12.8. The first-order valence-corrected chi connectivity index (χ1v) is 10.3. The number of H-pyrrole nitrogens is 1. The molecule has 2 aromatic carbocycles. The van der Waals surface area contributed by atoms with Crippen LogP contribution in [0.5, 0.6) is 0 Å². The number of aromatic amines is 1. The summed E-state index contributed by atoms with van der Waals surface area (Å²) in [4.78, 5) is 31.7. The van der Waals surface area contributed by atoms with E-state index in [-0.39, 0.29) is 18.2 Å². The summed E-state index contributed by atoms with van der Waals surface area (Å²) >= 11 is 0. The number of benzene rings is 2. The molecule has 0 aliphatic carbocycles. The molecule has 1 fully saturated rings. The van der Waals surface area contributed by atoms with Gasteiger partial charge in [-0.15, -0.1) is 0 Å². The molecule has 0 bridgehead atoms. The minimum Gasteiger partial charge on any atom is -0.353 e. The molecule has 1 aliphatic rings. The van der Waals surface area contributed by atoms with Gasteiger partial charge in [-0.1, -0.05) is 42.0 Å². The van der Waals surface area contributed by atoms with Gasteiger partial charge in [-0.2, -0.15) is 5.10 Å². The van der Waals surface area contributed by atoms with Gasteiger partial charge in [0.2, 0.25) is 11.8 Å². The molecule has 3 aromatic rings. The van der Waals surface area contributed by atoms with Crippen LogP contribution in [0.3, 0.4) is 0 Å². The predicted octanol–water partition coefficient (Wildman–Crippen LogP) is 2.42. The second-order valence-electron chi connectivity index (χ2n) is 7.84. The van der Waals surface area contributed by atoms with Crippen LogP contribution in [0.25, 0.3) is 11.4 Å². The van der Waals surface area contributed by atoms with Crippen molar-refractivity contribution in [3.63, 3.8) is 0 Å². The van der Waals surface area contributed by atoms with Gasteiger partial charge in [-0.05, 0) is 31.5 Å². The molecule has 160 valence electrons. The Morgan fingerprint density at radius 2 is 2.00 bits per heavy atom. The van der Waals surface area contributed by atoms with Crippen molar-refractivity contribution in [2.24, 2.45) is 0 Å². The number of hydrogen-bond donors (Lipinski definition) is 3. The summed E-state index contributed by atoms with van der Waals surface area (Å²) in [6, 6.07) is 15.1. The number of carbonyl (C=O) groups excluding carboxylic acids is 2. The average molecular weight is 419 g/mol. The molecule has 0 spiro atoms. The summed E-state index contributed by atoms with van der Waals surface area (Å²) in [5.41, 5.74) is 3.77. The Morgan fingerprint density at radius 3 is 2.74 bits per heavy atom. The van der Waals surface area contributed by atoms with Gasteiger partial charge in [-0.25, -0.2) is 4.98 Å². The van der Waals surface area contributed by atoms with Crippen molar-refractivity contribution in [2.45, 2.75) is 32.9 Å². The van der Waals surface area contributed by atoms with Crippen LogP contribution in [0.1, 0.15) is 23.4 Å². The number of carbonyl (C=O) groups is 2. The Balaban J connectivity index is 1.43. The van der Waals surface area contributed by atoms with Crippen molar-refractivity contribution >= 4 is 17.5 Å². The Hall–Kier alpha value is -3.52. The molecule has 3 N–H and O–H groups in total. The molecule has 0 saturated carbocycles. The number of anilines is 1. The fourth-order valence-electron chi connectivity index (χ4n) is 3.70. The van der Waals surface area contributed by atoms with Crippen LogP contribution in [0.15, 0.2) is 48.5 Å². The lowest BCUT2D eigenvalue weighted by Crippen LogP contribution is -2.55. The Bertz CT molecular complexity index is 1080. The number of nitrogens with one attached hydrogen (secondary N) is 3. The maximum atomic E-state index is 12.8. The lowest BCUT2D eigenvalue weighted by Gasteiger charge is -2.34. The van der Waals surface area contributed by atoms with Crippen molar-refractivity contribution < 1.29 is 9.59 Å². The van der Waals surface area contributed by atoms with Crippen molar-refractivity contribution in [1.29, 1.82) is 0 Å². The van der Waals surface area contributed by atoms with Crippen molar-refractivity contribution in [2.75, 3.05) is 18.4 Å². The monoisotopic (exact) mass is 418 g/mol. The highest BCUT2D eigenvalue weighted by Gasteiger charge is 2.31. The first-order valence-electron chi connectivity index (χ1n) is 10.3. The van der Waals surface area contributed by atoms with E-state index in [1.54, 1.807) is 0 Å². The minimum absolute atomic E-state index is 0.0850. The molecule has 1 atom stereocenters. The summed E-state index contributed by atoms with van der Waals surface area (Å²) in [5, 5.41) is 12.8. The minimum atomic E-state index is -0.506. The number of piperazine rings is 1. The van der Waals surface area contributed by atoms with Crippen molar-refractivity contribution in [3.8, 4) is 11.4 Å². The molecule has 1 aliphatic heterocycles. The van der Waals surface area contributed by atoms with E-state index in [4.69, 9.17) is 0 Å². The Morgan fingerprint density at radius 1 is 1.19 bits per heavy atom. The SMILES string of the molecule is Cc1ccc(CN2CCNC(=O)C2CC(=O)Nc2cccc(-c3n[nH]c(C)n3)c2)cc1. The molecular weight excluding hydrogens is 392 g/mol. The van der Waals surface area contributed by atoms with Gasteiger partial charge < -0.3 is 10.6 Å². The molecule has 31 heavy (non-hydrogen) atoms. The second kappa shape index (κ2) is 9.09. The first kappa shape index (κ1) is 20.7. The highest BCUT2D eigenvalue weighted by Crippen LogP contribution is 2.20. The van der Waals surface area contributed by atoms with E-state index in [1.807, 2.05) is 38.1 Å². The van der Waals surface area contributed by atoms with Crippen LogP contribution in [0, 0.1) is 13.8 Å². The summed E-state index contributed by atoms with van der Waals surface area (Å²) in [5.74, 6) is 0.976. The van der Waals surface area contributed by atoms with E-state index in [2.05, 4.69) is 55.0 Å². The smallest absolute Gasteiger partial charge is 0.237 e. The van der Waals surface area contributed by atoms with Crippen LogP contribution < -0.4 is 10.6 Å². The van der Waals surface area contributed by atoms with E-state index in [0.29, 0.717) is 31.1 Å². The van der Waals surface area contributed by atoms with Gasteiger partial charge in [-0.3, -0.25) is 19.6 Å². The molecule has 0 radical (unpaired) electrons. The van der Waals surface area contributed by atoms with Crippen LogP contribution in [0.2, 0.25) is 0 Å². The molecule has 8 heteroatoms. The van der Waals surface area contributed by atoms with Crippen molar-refractivity contribution in [3.05, 3.63) is 65.5 Å². The number of hydrogen-bond acceptors (Lipinski definition) is 5. The highest BCUT2D eigenvalue weighted by molar-refractivity contribution is 5.96. The normalized spacial score (nSPS) is 16.7. The van der Waals surface area contributed by atoms with Gasteiger partial charge >= 0.3 is 0 Å². The summed E-state index contributed by atoms with van der Waals surface area (Å²) in [6.07, 6.45) is 0.0850. The van der Waals surface area contributed by atoms with Crippen LogP contribution >= 0.6 is 0 Å². The first-order chi connectivity index (χ1) is 15.0. The zero-order valence-corrected chi connectivity index (χ0v) is 17.7. The fourth-order valence-corrected chi connectivity index (χ4v) is 3.70. The third-order valence-electron chi connectivity index (χ3n) is 5.33. The molecular formula is C23H26N6O2. The van der Waals surface area contributed by atoms with Gasteiger partial charge in [0, 0.05) is 30.9 Å². The fraction of sp³-hybridized carbons (Fsp3) is 0.304. The topological polar surface area (TPSA) is 103 Å². The summed E-state index contributed by atoms with van der Waals surface area (Å²) in [7, 11) is 0. The largest absolute Gasteiger partial charge is 0.353 e. The van der Waals surface area contributed by atoms with E-state index >= 15 is 0 Å². The summed E-state index contributed by atoms with van der Waals surface area (Å²) < 4.78 is 0. The second-order valence-corrected chi connectivity index (χ2v) is 7.84. The molecule has 1 aromatic heterocycles. The number of amides is 2. The lowest BCUT2D eigenvalue weighted by molar-refractivity contribution is -0.132. The third-order valence-corrected chi connectivity index (χ3v) is 5.33. The van der Waals surface area contributed by atoms with Crippen LogP contribution in [0.4, 0.5) is 5.69 Å².